The van der Waals surface area contributed by atoms with Crippen LogP contribution in [0.5, 0.6) is 0 Å². The fourth-order valence-electron chi connectivity index (χ4n) is 1.88. The first-order valence-electron chi connectivity index (χ1n) is 6.03. The van der Waals surface area contributed by atoms with Gasteiger partial charge in [0, 0.05) is 18.7 Å². The second kappa shape index (κ2) is 5.49. The largest absolute Gasteiger partial charge is 0.373 e. The molecule has 0 amide bonds. The third-order valence-electron chi connectivity index (χ3n) is 2.97. The van der Waals surface area contributed by atoms with E-state index >= 15 is 0 Å². The molecule has 0 aliphatic rings. The zero-order valence-corrected chi connectivity index (χ0v) is 10.9. The first kappa shape index (κ1) is 12.4. The van der Waals surface area contributed by atoms with Crippen molar-refractivity contribution in [3.05, 3.63) is 47.8 Å². The molecule has 2 aromatic rings. The average Bonchev–Trinajstić information content (AvgIpc) is 2.42. The van der Waals surface area contributed by atoms with Crippen molar-refractivity contribution in [3.8, 4) is 0 Å². The van der Waals surface area contributed by atoms with Crippen LogP contribution in [0.15, 0.2) is 36.7 Å². The van der Waals surface area contributed by atoms with Gasteiger partial charge in [0.25, 0.3) is 0 Å². The van der Waals surface area contributed by atoms with E-state index in [0.29, 0.717) is 0 Å². The number of aromatic nitrogens is 2. The molecule has 0 radical (unpaired) electrons. The van der Waals surface area contributed by atoms with Crippen molar-refractivity contribution in [2.45, 2.75) is 19.9 Å². The summed E-state index contributed by atoms with van der Waals surface area (Å²) >= 11 is 0. The summed E-state index contributed by atoms with van der Waals surface area (Å²) in [4.78, 5) is 8.47. The summed E-state index contributed by atoms with van der Waals surface area (Å²) < 4.78 is 0. The highest BCUT2D eigenvalue weighted by molar-refractivity contribution is 5.56. The Morgan fingerprint density at radius 3 is 2.39 bits per heavy atom. The van der Waals surface area contributed by atoms with Crippen molar-refractivity contribution < 1.29 is 0 Å². The first-order valence-corrected chi connectivity index (χ1v) is 6.03. The zero-order chi connectivity index (χ0) is 13.0. The number of hydrogen-bond acceptors (Lipinski definition) is 4. The quantitative estimate of drug-likeness (QED) is 0.865. The molecule has 4 nitrogen and oxygen atoms in total. The molecule has 0 fully saturated rings. The molecule has 0 saturated heterocycles. The Balaban J connectivity index is 2.19. The van der Waals surface area contributed by atoms with Crippen LogP contribution in [0.2, 0.25) is 0 Å². The molecular formula is C14H18N4. The number of hydrogen-bond donors (Lipinski definition) is 2. The second-order valence-corrected chi connectivity index (χ2v) is 4.22. The molecular weight excluding hydrogens is 224 g/mol. The van der Waals surface area contributed by atoms with Gasteiger partial charge in [0.2, 0.25) is 0 Å². The highest BCUT2D eigenvalue weighted by Gasteiger charge is 2.09. The van der Waals surface area contributed by atoms with Crippen LogP contribution in [0.1, 0.15) is 24.1 Å². The number of nitrogens with zero attached hydrogens (tertiary/aromatic N) is 2. The summed E-state index contributed by atoms with van der Waals surface area (Å²) in [5, 5.41) is 6.47. The van der Waals surface area contributed by atoms with Gasteiger partial charge < -0.3 is 10.6 Å². The summed E-state index contributed by atoms with van der Waals surface area (Å²) in [7, 11) is 1.86. The van der Waals surface area contributed by atoms with E-state index in [1.54, 1.807) is 6.33 Å². The van der Waals surface area contributed by atoms with Gasteiger partial charge in [-0.25, -0.2) is 9.97 Å². The SMILES string of the molecule is CNc1ncnc(NC(C)c2ccccc2)c1C. The molecule has 18 heavy (non-hydrogen) atoms. The van der Waals surface area contributed by atoms with Crippen molar-refractivity contribution in [2.24, 2.45) is 0 Å². The Kier molecular flexibility index (Phi) is 3.77. The lowest BCUT2D eigenvalue weighted by Crippen LogP contribution is -2.10. The van der Waals surface area contributed by atoms with Gasteiger partial charge in [-0.2, -0.15) is 0 Å². The molecule has 1 aromatic heterocycles. The molecule has 0 spiro atoms. The molecule has 0 bridgehead atoms. The number of benzene rings is 1. The summed E-state index contributed by atoms with van der Waals surface area (Å²) in [5.41, 5.74) is 2.27. The summed E-state index contributed by atoms with van der Waals surface area (Å²) in [6.07, 6.45) is 1.57. The van der Waals surface area contributed by atoms with Gasteiger partial charge in [-0.1, -0.05) is 30.3 Å². The predicted octanol–water partition coefficient (Wildman–Crippen LogP) is 3.00. The number of anilines is 2. The van der Waals surface area contributed by atoms with E-state index in [4.69, 9.17) is 0 Å². The van der Waals surface area contributed by atoms with Crippen molar-refractivity contribution in [1.29, 1.82) is 0 Å². The molecule has 0 aliphatic carbocycles. The van der Waals surface area contributed by atoms with E-state index in [1.165, 1.54) is 5.56 Å². The zero-order valence-electron chi connectivity index (χ0n) is 10.9. The lowest BCUT2D eigenvalue weighted by Gasteiger charge is -2.17. The topological polar surface area (TPSA) is 49.8 Å². The fourth-order valence-corrected chi connectivity index (χ4v) is 1.88. The molecule has 2 N–H and O–H groups in total. The molecule has 2 rings (SSSR count). The highest BCUT2D eigenvalue weighted by Crippen LogP contribution is 2.22. The van der Waals surface area contributed by atoms with Gasteiger partial charge in [0.15, 0.2) is 0 Å². The molecule has 94 valence electrons. The van der Waals surface area contributed by atoms with Gasteiger partial charge in [-0.05, 0) is 19.4 Å². The molecule has 1 aromatic carbocycles. The van der Waals surface area contributed by atoms with Crippen molar-refractivity contribution >= 4 is 11.6 Å². The Hall–Kier alpha value is -2.10. The second-order valence-electron chi connectivity index (χ2n) is 4.22. The van der Waals surface area contributed by atoms with Gasteiger partial charge in [0.05, 0.1) is 0 Å². The highest BCUT2D eigenvalue weighted by atomic mass is 15.1. The van der Waals surface area contributed by atoms with E-state index in [9.17, 15) is 0 Å². The maximum atomic E-state index is 4.29. The standard InChI is InChI=1S/C14H18N4/c1-10-13(15-3)16-9-17-14(10)18-11(2)12-7-5-4-6-8-12/h4-9,11H,1-3H3,(H2,15,16,17,18). The van der Waals surface area contributed by atoms with Crippen molar-refractivity contribution in [3.63, 3.8) is 0 Å². The molecule has 1 unspecified atom stereocenters. The summed E-state index contributed by atoms with van der Waals surface area (Å²) in [6.45, 7) is 4.13. The van der Waals surface area contributed by atoms with Crippen LogP contribution in [-0.2, 0) is 0 Å². The third kappa shape index (κ3) is 2.59. The Morgan fingerprint density at radius 2 is 1.72 bits per heavy atom. The lowest BCUT2D eigenvalue weighted by atomic mass is 10.1. The normalized spacial score (nSPS) is 11.9. The van der Waals surface area contributed by atoms with E-state index < -0.39 is 0 Å². The van der Waals surface area contributed by atoms with Crippen LogP contribution < -0.4 is 10.6 Å². The maximum Gasteiger partial charge on any atom is 0.134 e. The van der Waals surface area contributed by atoms with Gasteiger partial charge >= 0.3 is 0 Å². The first-order chi connectivity index (χ1) is 8.72. The Morgan fingerprint density at radius 1 is 1.06 bits per heavy atom. The maximum absolute atomic E-state index is 4.29. The fraction of sp³-hybridized carbons (Fsp3) is 0.286. The van der Waals surface area contributed by atoms with Crippen LogP contribution in [0, 0.1) is 6.92 Å². The smallest absolute Gasteiger partial charge is 0.134 e. The predicted molar refractivity (Wildman–Crippen MR) is 74.8 cm³/mol. The number of nitrogens with one attached hydrogen (secondary N) is 2. The summed E-state index contributed by atoms with van der Waals surface area (Å²) in [5.74, 6) is 1.72. The van der Waals surface area contributed by atoms with E-state index in [1.807, 2.05) is 32.2 Å². The molecule has 0 saturated carbocycles. The van der Waals surface area contributed by atoms with Gasteiger partial charge in [-0.15, -0.1) is 0 Å². The minimum Gasteiger partial charge on any atom is -0.373 e. The van der Waals surface area contributed by atoms with E-state index in [0.717, 1.165) is 17.2 Å². The monoisotopic (exact) mass is 242 g/mol. The van der Waals surface area contributed by atoms with E-state index in [-0.39, 0.29) is 6.04 Å². The molecule has 4 heteroatoms. The van der Waals surface area contributed by atoms with E-state index in [2.05, 4.69) is 39.7 Å². The lowest BCUT2D eigenvalue weighted by molar-refractivity contribution is 0.868. The van der Waals surface area contributed by atoms with Crippen molar-refractivity contribution in [2.75, 3.05) is 17.7 Å². The molecule has 1 atom stereocenters. The Bertz CT molecular complexity index is 510. The van der Waals surface area contributed by atoms with Crippen LogP contribution >= 0.6 is 0 Å². The third-order valence-corrected chi connectivity index (χ3v) is 2.97. The van der Waals surface area contributed by atoms with Gasteiger partial charge in [-0.3, -0.25) is 0 Å². The minimum atomic E-state index is 0.213. The molecule has 1 heterocycles. The number of rotatable bonds is 4. The van der Waals surface area contributed by atoms with Crippen LogP contribution in [0.3, 0.4) is 0 Å². The van der Waals surface area contributed by atoms with Crippen LogP contribution in [0.25, 0.3) is 0 Å². The summed E-state index contributed by atoms with van der Waals surface area (Å²) in [6, 6.07) is 10.5. The minimum absolute atomic E-state index is 0.213. The van der Waals surface area contributed by atoms with Gasteiger partial charge in [0.1, 0.15) is 18.0 Å². The van der Waals surface area contributed by atoms with Crippen LogP contribution in [0.4, 0.5) is 11.6 Å². The Labute approximate surface area is 107 Å². The average molecular weight is 242 g/mol. The van der Waals surface area contributed by atoms with Crippen molar-refractivity contribution in [1.82, 2.24) is 9.97 Å². The molecule has 0 aliphatic heterocycles. The van der Waals surface area contributed by atoms with Crippen LogP contribution in [-0.4, -0.2) is 17.0 Å².